The maximum Gasteiger partial charge on any atom is 0.273 e. The van der Waals surface area contributed by atoms with Gasteiger partial charge < -0.3 is 9.64 Å². The van der Waals surface area contributed by atoms with E-state index in [1.54, 1.807) is 23.3 Å². The molecule has 0 unspecified atom stereocenters. The average molecular weight is 437 g/mol. The first-order valence-corrected chi connectivity index (χ1v) is 10.3. The van der Waals surface area contributed by atoms with Crippen LogP contribution in [0.25, 0.3) is 9.88 Å². The number of rotatable bonds is 6. The highest BCUT2D eigenvalue weighted by Crippen LogP contribution is 2.32. The number of nitrogens with zero attached hydrogens (tertiary/aromatic N) is 2. The second-order valence-corrected chi connectivity index (χ2v) is 8.09. The van der Waals surface area contributed by atoms with E-state index in [0.29, 0.717) is 18.8 Å². The number of thiophene rings is 1. The zero-order valence-corrected chi connectivity index (χ0v) is 17.1. The average Bonchev–Trinajstić information content (AvgIpc) is 3.25. The molecular weight excluding hydrogens is 420 g/mol. The molecule has 25 heavy (non-hydrogen) atoms. The van der Waals surface area contributed by atoms with E-state index in [-0.39, 0.29) is 5.91 Å². The third-order valence-corrected chi connectivity index (χ3v) is 6.20. The molecule has 0 atom stereocenters. The van der Waals surface area contributed by atoms with Crippen molar-refractivity contribution in [1.29, 1.82) is 0 Å². The van der Waals surface area contributed by atoms with Crippen molar-refractivity contribution in [3.63, 3.8) is 0 Å². The largest absolute Gasteiger partial charge is 0.494 e. The Hall–Kier alpha value is -1.70. The lowest BCUT2D eigenvalue weighted by Crippen LogP contribution is -2.26. The molecule has 1 aromatic carbocycles. The smallest absolute Gasteiger partial charge is 0.273 e. The molecule has 0 spiro atoms. The normalized spacial score (nSPS) is 10.7. The number of benzene rings is 1. The molecule has 3 rings (SSSR count). The van der Waals surface area contributed by atoms with Crippen LogP contribution in [0.4, 0.5) is 0 Å². The lowest BCUT2D eigenvalue weighted by Gasteiger charge is -2.16. The van der Waals surface area contributed by atoms with Crippen LogP contribution >= 0.6 is 38.6 Å². The molecule has 0 aliphatic heterocycles. The van der Waals surface area contributed by atoms with Gasteiger partial charge in [-0.3, -0.25) is 4.79 Å². The summed E-state index contributed by atoms with van der Waals surface area (Å²) in [5, 5.41) is 4.70. The van der Waals surface area contributed by atoms with Crippen LogP contribution in [0.3, 0.4) is 0 Å². The molecule has 0 N–H and O–H groups in total. The van der Waals surface area contributed by atoms with Gasteiger partial charge in [0.05, 0.1) is 11.5 Å². The highest BCUT2D eigenvalue weighted by Gasteiger charge is 2.17. The summed E-state index contributed by atoms with van der Waals surface area (Å²) in [4.78, 5) is 19.8. The van der Waals surface area contributed by atoms with E-state index in [2.05, 4.69) is 20.9 Å². The predicted octanol–water partition coefficient (Wildman–Crippen LogP) is 5.31. The molecule has 1 amide bonds. The Morgan fingerprint density at radius 2 is 2.00 bits per heavy atom. The number of halogens is 1. The van der Waals surface area contributed by atoms with Crippen molar-refractivity contribution in [2.24, 2.45) is 0 Å². The van der Waals surface area contributed by atoms with Gasteiger partial charge in [-0.15, -0.1) is 22.7 Å². The van der Waals surface area contributed by atoms with Crippen LogP contribution in [0.2, 0.25) is 0 Å². The fourth-order valence-corrected chi connectivity index (χ4v) is 4.61. The van der Waals surface area contributed by atoms with Gasteiger partial charge in [0.25, 0.3) is 5.91 Å². The number of aromatic nitrogens is 1. The number of carbonyl (C=O) groups is 1. The fraction of sp³-hybridized carbons (Fsp3) is 0.222. The minimum absolute atomic E-state index is 0.0768. The Balaban J connectivity index is 1.67. The van der Waals surface area contributed by atoms with Crippen LogP contribution < -0.4 is 4.74 Å². The maximum absolute atomic E-state index is 12.6. The van der Waals surface area contributed by atoms with Gasteiger partial charge in [-0.2, -0.15) is 0 Å². The fourth-order valence-electron chi connectivity index (χ4n) is 2.31. The number of carbonyl (C=O) groups excluding carboxylic acids is 1. The van der Waals surface area contributed by atoms with E-state index in [9.17, 15) is 4.79 Å². The van der Waals surface area contributed by atoms with Crippen LogP contribution in [-0.2, 0) is 6.54 Å². The van der Waals surface area contributed by atoms with Crippen LogP contribution in [0, 0.1) is 0 Å². The minimum atomic E-state index is -0.0768. The SMILES string of the molecule is CCOc1ccc(CN(C)C(=O)c2csc(-c3cc(Br)cs3)n2)cc1. The second-order valence-electron chi connectivity index (χ2n) is 5.41. The van der Waals surface area contributed by atoms with Gasteiger partial charge in [0.2, 0.25) is 0 Å². The molecule has 2 heterocycles. The first kappa shape index (κ1) is 18.1. The van der Waals surface area contributed by atoms with Crippen molar-refractivity contribution in [3.8, 4) is 15.6 Å². The Kier molecular flexibility index (Phi) is 5.88. The summed E-state index contributed by atoms with van der Waals surface area (Å²) in [5.41, 5.74) is 1.54. The Morgan fingerprint density at radius 1 is 1.24 bits per heavy atom. The zero-order valence-electron chi connectivity index (χ0n) is 13.9. The molecule has 0 fully saturated rings. The van der Waals surface area contributed by atoms with Crippen LogP contribution in [0.1, 0.15) is 23.0 Å². The number of hydrogen-bond donors (Lipinski definition) is 0. The Labute approximate surface area is 163 Å². The summed E-state index contributed by atoms with van der Waals surface area (Å²) >= 11 is 6.54. The zero-order chi connectivity index (χ0) is 17.8. The van der Waals surface area contributed by atoms with Gasteiger partial charge in [-0.05, 0) is 46.6 Å². The number of amides is 1. The molecule has 2 aromatic heterocycles. The van der Waals surface area contributed by atoms with Crippen molar-refractivity contribution in [3.05, 3.63) is 56.8 Å². The van der Waals surface area contributed by atoms with Crippen LogP contribution in [0.15, 0.2) is 45.6 Å². The first-order chi connectivity index (χ1) is 12.1. The Bertz CT molecular complexity index is 858. The number of ether oxygens (including phenoxy) is 1. The topological polar surface area (TPSA) is 42.4 Å². The molecule has 0 radical (unpaired) electrons. The highest BCUT2D eigenvalue weighted by atomic mass is 79.9. The van der Waals surface area contributed by atoms with Crippen molar-refractivity contribution >= 4 is 44.5 Å². The van der Waals surface area contributed by atoms with Gasteiger partial charge in [-0.25, -0.2) is 4.98 Å². The summed E-state index contributed by atoms with van der Waals surface area (Å²) in [7, 11) is 1.79. The lowest BCUT2D eigenvalue weighted by molar-refractivity contribution is 0.0780. The van der Waals surface area contributed by atoms with Gasteiger partial charge in [0, 0.05) is 28.8 Å². The highest BCUT2D eigenvalue weighted by molar-refractivity contribution is 9.10. The molecule has 7 heteroatoms. The van der Waals surface area contributed by atoms with E-state index < -0.39 is 0 Å². The van der Waals surface area contributed by atoms with Crippen LogP contribution in [0.5, 0.6) is 5.75 Å². The number of hydrogen-bond acceptors (Lipinski definition) is 5. The molecule has 0 saturated carbocycles. The van der Waals surface area contributed by atoms with E-state index in [1.165, 1.54) is 11.3 Å². The molecule has 3 aromatic rings. The summed E-state index contributed by atoms with van der Waals surface area (Å²) in [6, 6.07) is 9.82. The van der Waals surface area contributed by atoms with Crippen molar-refractivity contribution in [2.45, 2.75) is 13.5 Å². The summed E-state index contributed by atoms with van der Waals surface area (Å²) < 4.78 is 6.47. The van der Waals surface area contributed by atoms with E-state index in [0.717, 1.165) is 25.7 Å². The van der Waals surface area contributed by atoms with Crippen molar-refractivity contribution in [2.75, 3.05) is 13.7 Å². The van der Waals surface area contributed by atoms with Gasteiger partial charge in [0.1, 0.15) is 16.5 Å². The molecule has 4 nitrogen and oxygen atoms in total. The molecular formula is C18H17BrN2O2S2. The number of thiazole rings is 1. The lowest BCUT2D eigenvalue weighted by atomic mass is 10.2. The molecule has 0 aliphatic carbocycles. The molecule has 0 bridgehead atoms. The van der Waals surface area contributed by atoms with E-state index >= 15 is 0 Å². The van der Waals surface area contributed by atoms with Crippen molar-refractivity contribution < 1.29 is 9.53 Å². The summed E-state index contributed by atoms with van der Waals surface area (Å²) in [6.07, 6.45) is 0. The molecule has 130 valence electrons. The third-order valence-electron chi connectivity index (χ3n) is 3.50. The van der Waals surface area contributed by atoms with Crippen LogP contribution in [-0.4, -0.2) is 29.4 Å². The van der Waals surface area contributed by atoms with Gasteiger partial charge >= 0.3 is 0 Å². The monoisotopic (exact) mass is 436 g/mol. The van der Waals surface area contributed by atoms with Gasteiger partial charge in [-0.1, -0.05) is 12.1 Å². The predicted molar refractivity (Wildman–Crippen MR) is 107 cm³/mol. The van der Waals surface area contributed by atoms with Gasteiger partial charge in [0.15, 0.2) is 0 Å². The first-order valence-electron chi connectivity index (χ1n) is 7.74. The maximum atomic E-state index is 12.6. The molecule has 0 aliphatic rings. The second kappa shape index (κ2) is 8.12. The standard InChI is InChI=1S/C18H17BrN2O2S2/c1-3-23-14-6-4-12(5-7-14)9-21(2)18(22)15-11-25-17(20-15)16-8-13(19)10-24-16/h4-8,10-11H,3,9H2,1-2H3. The third kappa shape index (κ3) is 4.48. The van der Waals surface area contributed by atoms with E-state index in [4.69, 9.17) is 4.74 Å². The minimum Gasteiger partial charge on any atom is -0.494 e. The quantitative estimate of drug-likeness (QED) is 0.525. The summed E-state index contributed by atoms with van der Waals surface area (Å²) in [5.74, 6) is 0.762. The molecule has 0 saturated heterocycles. The van der Waals surface area contributed by atoms with Crippen molar-refractivity contribution in [1.82, 2.24) is 9.88 Å². The summed E-state index contributed by atoms with van der Waals surface area (Å²) in [6.45, 7) is 3.13. The Morgan fingerprint density at radius 3 is 2.64 bits per heavy atom. The van der Waals surface area contributed by atoms with E-state index in [1.807, 2.05) is 48.0 Å².